The number of nitrogens with one attached hydrogen (secondary N) is 1. The molecule has 0 saturated heterocycles. The van der Waals surface area contributed by atoms with Gasteiger partial charge < -0.3 is 9.72 Å². The van der Waals surface area contributed by atoms with Gasteiger partial charge in [-0.15, -0.1) is 0 Å². The predicted molar refractivity (Wildman–Crippen MR) is 107 cm³/mol. The largest absolute Gasteiger partial charge is 0.461 e. The van der Waals surface area contributed by atoms with Crippen molar-refractivity contribution in [2.45, 2.75) is 33.3 Å². The van der Waals surface area contributed by atoms with E-state index in [1.807, 2.05) is 73.1 Å². The summed E-state index contributed by atoms with van der Waals surface area (Å²) < 4.78 is 7.30. The maximum atomic E-state index is 12.1. The van der Waals surface area contributed by atoms with Gasteiger partial charge in [-0.2, -0.15) is 5.10 Å². The van der Waals surface area contributed by atoms with Crippen LogP contribution in [-0.4, -0.2) is 25.7 Å². The second-order valence-electron chi connectivity index (χ2n) is 6.87. The molecule has 28 heavy (non-hydrogen) atoms. The minimum Gasteiger partial charge on any atom is -0.461 e. The number of rotatable bonds is 6. The number of aromatic amines is 1. The average Bonchev–Trinajstić information content (AvgIpc) is 3.27. The molecule has 0 aliphatic heterocycles. The van der Waals surface area contributed by atoms with Gasteiger partial charge in [0, 0.05) is 12.1 Å². The fraction of sp³-hybridized carbons (Fsp3) is 0.227. The highest BCUT2D eigenvalue weighted by Crippen LogP contribution is 2.14. The lowest BCUT2D eigenvalue weighted by atomic mass is 10.2. The van der Waals surface area contributed by atoms with Crippen LogP contribution in [0.3, 0.4) is 0 Å². The average molecular weight is 374 g/mol. The minimum absolute atomic E-state index is 0.233. The number of para-hydroxylation sites is 2. The van der Waals surface area contributed by atoms with Crippen molar-refractivity contribution in [3.8, 4) is 5.69 Å². The van der Waals surface area contributed by atoms with E-state index in [9.17, 15) is 4.79 Å². The number of carbonyl (C=O) groups is 1. The predicted octanol–water partition coefficient (Wildman–Crippen LogP) is 4.04. The normalized spacial score (nSPS) is 11.1. The molecule has 4 rings (SSSR count). The quantitative estimate of drug-likeness (QED) is 0.517. The Hall–Kier alpha value is -3.41. The molecule has 0 aliphatic carbocycles. The number of aromatic nitrogens is 4. The highest BCUT2D eigenvalue weighted by Gasteiger charge is 2.08. The second kappa shape index (κ2) is 7.68. The molecule has 2 heterocycles. The van der Waals surface area contributed by atoms with Crippen LogP contribution in [0.15, 0.2) is 54.6 Å². The van der Waals surface area contributed by atoms with Crippen molar-refractivity contribution in [3.05, 3.63) is 77.4 Å². The molecule has 0 unspecified atom stereocenters. The molecule has 0 saturated carbocycles. The minimum atomic E-state index is -0.233. The topological polar surface area (TPSA) is 72.8 Å². The summed E-state index contributed by atoms with van der Waals surface area (Å²) in [7, 11) is 0. The van der Waals surface area contributed by atoms with E-state index < -0.39 is 0 Å². The number of hydrogen-bond donors (Lipinski definition) is 1. The molecule has 1 N–H and O–H groups in total. The number of H-pyrrole nitrogens is 1. The first kappa shape index (κ1) is 18.0. The summed E-state index contributed by atoms with van der Waals surface area (Å²) in [5.74, 6) is 0.565. The van der Waals surface area contributed by atoms with E-state index in [0.29, 0.717) is 12.8 Å². The number of imidazole rings is 1. The SMILES string of the molecule is Cc1cc(C)n(-c2ccc(COC(=O)CCc3nc4ccccc4[nH]3)cc2)n1. The lowest BCUT2D eigenvalue weighted by molar-refractivity contribution is -0.144. The number of carbonyl (C=O) groups excluding carboxylic acids is 1. The Balaban J connectivity index is 1.30. The Morgan fingerprint density at radius 3 is 2.61 bits per heavy atom. The summed E-state index contributed by atoms with van der Waals surface area (Å²) in [4.78, 5) is 19.8. The third kappa shape index (κ3) is 3.96. The van der Waals surface area contributed by atoms with Crippen molar-refractivity contribution < 1.29 is 9.53 Å². The van der Waals surface area contributed by atoms with Gasteiger partial charge in [0.25, 0.3) is 0 Å². The van der Waals surface area contributed by atoms with Crippen LogP contribution in [0.5, 0.6) is 0 Å². The van der Waals surface area contributed by atoms with Gasteiger partial charge in [-0.25, -0.2) is 9.67 Å². The number of fused-ring (bicyclic) bond motifs is 1. The fourth-order valence-electron chi connectivity index (χ4n) is 3.20. The standard InChI is InChI=1S/C22H22N4O2/c1-15-13-16(2)26(25-15)18-9-7-17(8-10-18)14-28-22(27)12-11-21-23-19-5-3-4-6-20(19)24-21/h3-10,13H,11-12,14H2,1-2H3,(H,23,24). The molecule has 6 nitrogen and oxygen atoms in total. The maximum absolute atomic E-state index is 12.1. The summed E-state index contributed by atoms with van der Waals surface area (Å²) in [6.45, 7) is 4.26. The van der Waals surface area contributed by atoms with E-state index in [2.05, 4.69) is 15.1 Å². The molecule has 142 valence electrons. The van der Waals surface area contributed by atoms with E-state index in [4.69, 9.17) is 4.74 Å². The van der Waals surface area contributed by atoms with Crippen molar-refractivity contribution in [1.82, 2.24) is 19.7 Å². The molecule has 2 aromatic carbocycles. The van der Waals surface area contributed by atoms with E-state index in [1.54, 1.807) is 0 Å². The third-order valence-electron chi connectivity index (χ3n) is 4.59. The number of esters is 1. The van der Waals surface area contributed by atoms with Gasteiger partial charge in [-0.1, -0.05) is 24.3 Å². The molecular weight excluding hydrogens is 352 g/mol. The highest BCUT2D eigenvalue weighted by molar-refractivity contribution is 5.75. The zero-order valence-corrected chi connectivity index (χ0v) is 16.0. The molecule has 2 aromatic heterocycles. The first-order chi connectivity index (χ1) is 13.6. The Kier molecular flexibility index (Phi) is 4.93. The molecule has 0 amide bonds. The second-order valence-corrected chi connectivity index (χ2v) is 6.87. The van der Waals surface area contributed by atoms with E-state index in [-0.39, 0.29) is 12.6 Å². The van der Waals surface area contributed by atoms with Crippen LogP contribution in [0, 0.1) is 13.8 Å². The van der Waals surface area contributed by atoms with Crippen LogP contribution in [-0.2, 0) is 22.6 Å². The number of hydrogen-bond acceptors (Lipinski definition) is 4. The first-order valence-corrected chi connectivity index (χ1v) is 9.30. The van der Waals surface area contributed by atoms with Crippen molar-refractivity contribution >= 4 is 17.0 Å². The third-order valence-corrected chi connectivity index (χ3v) is 4.59. The van der Waals surface area contributed by atoms with E-state index in [0.717, 1.165) is 39.5 Å². The Bertz CT molecular complexity index is 1080. The smallest absolute Gasteiger partial charge is 0.306 e. The van der Waals surface area contributed by atoms with Crippen LogP contribution in [0.25, 0.3) is 16.7 Å². The van der Waals surface area contributed by atoms with Crippen LogP contribution >= 0.6 is 0 Å². The summed E-state index contributed by atoms with van der Waals surface area (Å²) in [5, 5.41) is 4.48. The van der Waals surface area contributed by atoms with E-state index >= 15 is 0 Å². The van der Waals surface area contributed by atoms with Gasteiger partial charge in [0.15, 0.2) is 0 Å². The number of nitrogens with zero attached hydrogens (tertiary/aromatic N) is 3. The fourth-order valence-corrected chi connectivity index (χ4v) is 3.20. The molecule has 0 aliphatic rings. The molecule has 0 spiro atoms. The summed E-state index contributed by atoms with van der Waals surface area (Å²) in [6, 6.07) is 17.7. The molecule has 0 radical (unpaired) electrons. The maximum Gasteiger partial charge on any atom is 0.306 e. The summed E-state index contributed by atoms with van der Waals surface area (Å²) >= 11 is 0. The molecule has 6 heteroatoms. The Morgan fingerprint density at radius 1 is 1.11 bits per heavy atom. The zero-order chi connectivity index (χ0) is 19.5. The van der Waals surface area contributed by atoms with Gasteiger partial charge >= 0.3 is 5.97 Å². The molecular formula is C22H22N4O2. The zero-order valence-electron chi connectivity index (χ0n) is 16.0. The first-order valence-electron chi connectivity index (χ1n) is 9.30. The van der Waals surface area contributed by atoms with Crippen molar-refractivity contribution in [2.75, 3.05) is 0 Å². The monoisotopic (exact) mass is 374 g/mol. The molecule has 0 bridgehead atoms. The van der Waals surface area contributed by atoms with Gasteiger partial charge in [0.1, 0.15) is 12.4 Å². The van der Waals surface area contributed by atoms with Crippen LogP contribution in [0.4, 0.5) is 0 Å². The van der Waals surface area contributed by atoms with Gasteiger partial charge in [0.05, 0.1) is 28.8 Å². The molecule has 4 aromatic rings. The van der Waals surface area contributed by atoms with Gasteiger partial charge in [0.2, 0.25) is 0 Å². The van der Waals surface area contributed by atoms with Crippen LogP contribution < -0.4 is 0 Å². The lowest BCUT2D eigenvalue weighted by Crippen LogP contribution is -2.07. The number of aryl methyl sites for hydroxylation is 3. The summed E-state index contributed by atoms with van der Waals surface area (Å²) in [6.07, 6.45) is 0.827. The molecule has 0 fully saturated rings. The van der Waals surface area contributed by atoms with E-state index in [1.165, 1.54) is 0 Å². The van der Waals surface area contributed by atoms with Crippen LogP contribution in [0.1, 0.15) is 29.2 Å². The van der Waals surface area contributed by atoms with Crippen molar-refractivity contribution in [1.29, 1.82) is 0 Å². The van der Waals surface area contributed by atoms with Gasteiger partial charge in [-0.05, 0) is 49.7 Å². The highest BCUT2D eigenvalue weighted by atomic mass is 16.5. The Labute approximate surface area is 163 Å². The van der Waals surface area contributed by atoms with Gasteiger partial charge in [-0.3, -0.25) is 4.79 Å². The van der Waals surface area contributed by atoms with Crippen molar-refractivity contribution in [2.24, 2.45) is 0 Å². The lowest BCUT2D eigenvalue weighted by Gasteiger charge is -2.07. The number of ether oxygens (including phenoxy) is 1. The Morgan fingerprint density at radius 2 is 1.89 bits per heavy atom. The van der Waals surface area contributed by atoms with Crippen LogP contribution in [0.2, 0.25) is 0 Å². The number of benzene rings is 2. The molecule has 0 atom stereocenters. The summed E-state index contributed by atoms with van der Waals surface area (Å²) in [5.41, 5.74) is 5.90. The van der Waals surface area contributed by atoms with Crippen molar-refractivity contribution in [3.63, 3.8) is 0 Å².